The van der Waals surface area contributed by atoms with Crippen molar-refractivity contribution < 1.29 is 98.5 Å². The Morgan fingerprint density at radius 1 is 0.500 bits per heavy atom. The molecule has 0 aliphatic heterocycles. The minimum absolute atomic E-state index is 0. The third-order valence-electron chi connectivity index (χ3n) is 0. The normalized spacial score (nSPS) is 0. The number of hydrogen-bond acceptors (Lipinski definition) is 0. The Morgan fingerprint density at radius 3 is 0.500 bits per heavy atom. The van der Waals surface area contributed by atoms with Crippen LogP contribution in [0, 0.1) is 38.2 Å². The van der Waals surface area contributed by atoms with E-state index in [9.17, 15) is 0 Å². The van der Waals surface area contributed by atoms with Crippen LogP contribution in [0.1, 0.15) is 0 Å². The summed E-state index contributed by atoms with van der Waals surface area (Å²) in [6.07, 6.45) is 0. The van der Waals surface area contributed by atoms with Gasteiger partial charge in [0.25, 0.3) is 0 Å². The summed E-state index contributed by atoms with van der Waals surface area (Å²) in [5.41, 5.74) is 0. The summed E-state index contributed by atoms with van der Waals surface area (Å²) < 4.78 is 0. The molecule has 4 heteroatoms. The maximum atomic E-state index is 0. The topological polar surface area (TPSA) is 0 Å². The van der Waals surface area contributed by atoms with E-state index < -0.39 is 0 Å². The van der Waals surface area contributed by atoms with Gasteiger partial charge in [0.2, 0.25) is 0 Å². The van der Waals surface area contributed by atoms with E-state index in [1.807, 2.05) is 0 Å². The Bertz CT molecular complexity index is 3.25. The predicted octanol–water partition coefficient (Wildman–Crippen LogP) is -0.00750. The molecule has 0 amide bonds. The van der Waals surface area contributed by atoms with Gasteiger partial charge in [0, 0.05) is 98.5 Å². The predicted molar refractivity (Wildman–Crippen MR) is 0 cm³/mol. The van der Waals surface area contributed by atoms with Crippen molar-refractivity contribution in [3.63, 3.8) is 0 Å². The average molecular weight is 739 g/mol. The third-order valence-corrected chi connectivity index (χ3v) is 0. The van der Waals surface area contributed by atoms with E-state index in [-0.39, 0.29) is 98.5 Å². The Labute approximate surface area is 96.3 Å². The molecule has 0 bridgehead atoms. The Morgan fingerprint density at radius 2 is 0.500 bits per heavy atom. The fraction of sp³-hybridized carbons (Fsp3) is 0. The van der Waals surface area contributed by atoms with Gasteiger partial charge < -0.3 is 0 Å². The van der Waals surface area contributed by atoms with E-state index in [0.717, 1.165) is 0 Å². The van der Waals surface area contributed by atoms with Crippen molar-refractivity contribution in [1.29, 1.82) is 0 Å². The van der Waals surface area contributed by atoms with Gasteiger partial charge in [0.15, 0.2) is 0 Å². The number of hydrogen-bond donors (Lipinski definition) is 0. The van der Waals surface area contributed by atoms with Crippen molar-refractivity contribution in [2.24, 2.45) is 0 Å². The number of rotatable bonds is 0. The zero-order valence-corrected chi connectivity index (χ0v) is 10.5. The van der Waals surface area contributed by atoms with Crippen LogP contribution in [0.5, 0.6) is 0 Å². The fourth-order valence-corrected chi connectivity index (χ4v) is 0. The van der Waals surface area contributed by atoms with Crippen molar-refractivity contribution in [2.75, 3.05) is 0 Å². The molecule has 0 heterocycles. The fourth-order valence-electron chi connectivity index (χ4n) is 0. The zero-order chi connectivity index (χ0) is 0. The monoisotopic (exact) mass is 743 g/mol. The van der Waals surface area contributed by atoms with E-state index >= 15 is 0 Å². The molecule has 0 aliphatic carbocycles. The largest absolute Gasteiger partial charge is 0 e. The van der Waals surface area contributed by atoms with Crippen LogP contribution in [-0.2, 0) is 60.3 Å². The second kappa shape index (κ2) is 16.3. The van der Waals surface area contributed by atoms with Gasteiger partial charge in [-0.05, 0) is 0 Å². The van der Waals surface area contributed by atoms with Gasteiger partial charge in [-0.2, -0.15) is 0 Å². The first-order valence-corrected chi connectivity index (χ1v) is 0. The first-order chi connectivity index (χ1) is 0. The summed E-state index contributed by atoms with van der Waals surface area (Å²) >= 11 is 0. The molecule has 0 atom stereocenters. The van der Waals surface area contributed by atoms with Gasteiger partial charge in [-0.25, -0.2) is 0 Å². The first kappa shape index (κ1) is 26.9. The van der Waals surface area contributed by atoms with Gasteiger partial charge in [-0.15, -0.1) is 0 Å². The smallest absolute Gasteiger partial charge is 0 e. The minimum Gasteiger partial charge on any atom is 0 e. The van der Waals surface area contributed by atoms with Gasteiger partial charge in [0.05, 0.1) is 0 Å². The maximum Gasteiger partial charge on any atom is 0 e. The molecule has 4 heavy (non-hydrogen) atoms. The molecule has 0 rings (SSSR count). The van der Waals surface area contributed by atoms with E-state index in [1.54, 1.807) is 0 Å². The molecule has 0 fully saturated rings. The summed E-state index contributed by atoms with van der Waals surface area (Å²) in [5.74, 6) is 0. The molecule has 0 aromatic heterocycles. The molecule has 0 aromatic carbocycles. The molecule has 0 saturated carbocycles. The minimum atomic E-state index is 0. The van der Waals surface area contributed by atoms with Crippen LogP contribution in [0.15, 0.2) is 0 Å². The molecule has 0 nitrogen and oxygen atoms in total. The van der Waals surface area contributed by atoms with Crippen LogP contribution in [0.25, 0.3) is 0 Å². The molecule has 0 aliphatic rings. The van der Waals surface area contributed by atoms with E-state index in [0.29, 0.717) is 0 Å². The van der Waals surface area contributed by atoms with Crippen molar-refractivity contribution >= 4 is 0 Å². The van der Waals surface area contributed by atoms with Crippen LogP contribution in [0.4, 0.5) is 0 Å². The van der Waals surface area contributed by atoms with Gasteiger partial charge in [-0.1, -0.05) is 0 Å². The van der Waals surface area contributed by atoms with Crippen molar-refractivity contribution in [3.8, 4) is 0 Å². The van der Waals surface area contributed by atoms with Crippen molar-refractivity contribution in [2.45, 2.75) is 0 Å². The Kier molecular flexibility index (Phi) is 110. The summed E-state index contributed by atoms with van der Waals surface area (Å²) in [6.45, 7) is 0. The van der Waals surface area contributed by atoms with Crippen molar-refractivity contribution in [3.05, 3.63) is 0 Å². The van der Waals surface area contributed by atoms with E-state index in [4.69, 9.17) is 0 Å². The summed E-state index contributed by atoms with van der Waals surface area (Å²) in [4.78, 5) is 0. The van der Waals surface area contributed by atoms with Gasteiger partial charge >= 0.3 is 0 Å². The quantitative estimate of drug-likeness (QED) is 0.329. The van der Waals surface area contributed by atoms with Crippen LogP contribution < -0.4 is 0 Å². The zero-order valence-electron chi connectivity index (χ0n) is 1.32. The first-order valence-electron chi connectivity index (χ1n) is 0. The molecule has 0 aromatic rings. The molecule has 0 spiro atoms. The van der Waals surface area contributed by atoms with Crippen LogP contribution in [0.2, 0.25) is 0 Å². The Hall–Kier alpha value is 3.22. The van der Waals surface area contributed by atoms with E-state index in [1.165, 1.54) is 0 Å². The molecular formula is DyIr3. The second-order valence-corrected chi connectivity index (χ2v) is 0. The molecule has 0 N–H and O–H groups in total. The van der Waals surface area contributed by atoms with E-state index in [2.05, 4.69) is 0 Å². The van der Waals surface area contributed by atoms with Crippen molar-refractivity contribution in [1.82, 2.24) is 0 Å². The van der Waals surface area contributed by atoms with Crippen LogP contribution in [-0.4, -0.2) is 0 Å². The second-order valence-electron chi connectivity index (χ2n) is 0. The van der Waals surface area contributed by atoms with Gasteiger partial charge in [-0.3, -0.25) is 0 Å². The van der Waals surface area contributed by atoms with Crippen LogP contribution >= 0.6 is 0 Å². The molecular weight excluding hydrogens is 739 g/mol. The molecule has 3 radical (unpaired) electrons. The molecule has 0 saturated heterocycles. The molecule has 0 unspecified atom stereocenters. The molecule has 37 valence electrons. The SMILES string of the molecule is [Dy].[Ir].[Ir].[Ir]. The summed E-state index contributed by atoms with van der Waals surface area (Å²) in [5, 5.41) is 0. The summed E-state index contributed by atoms with van der Waals surface area (Å²) in [7, 11) is 0. The standard InChI is InChI=1S/Dy.3Ir. The average Bonchev–Trinajstić information content (AvgIpc) is 0. The van der Waals surface area contributed by atoms with Gasteiger partial charge in [0.1, 0.15) is 0 Å². The summed E-state index contributed by atoms with van der Waals surface area (Å²) in [6, 6.07) is 0. The Balaban J connectivity index is 0. The third kappa shape index (κ3) is 8.97. The maximum absolute atomic E-state index is 0. The van der Waals surface area contributed by atoms with Crippen LogP contribution in [0.3, 0.4) is 0 Å².